The highest BCUT2D eigenvalue weighted by Crippen LogP contribution is 2.62. The second-order valence-electron chi connectivity index (χ2n) is 9.79. The third kappa shape index (κ3) is 6.39. The first-order valence-corrected chi connectivity index (χ1v) is 10.6. The number of rotatable bonds is 4. The van der Waals surface area contributed by atoms with E-state index >= 15 is 0 Å². The zero-order chi connectivity index (χ0) is 20.8. The minimum atomic E-state index is -1.81. The second-order valence-corrected chi connectivity index (χ2v) is 9.79. The van der Waals surface area contributed by atoms with E-state index in [1.165, 1.54) is 51.4 Å². The Morgan fingerprint density at radius 2 is 1.70 bits per heavy atom. The topological polar surface area (TPSA) is 83.8 Å². The summed E-state index contributed by atoms with van der Waals surface area (Å²) in [6.07, 6.45) is 8.06. The van der Waals surface area contributed by atoms with Gasteiger partial charge >= 0.3 is 12.3 Å². The summed E-state index contributed by atoms with van der Waals surface area (Å²) in [7, 11) is 0. The zero-order valence-corrected chi connectivity index (χ0v) is 18.1. The smallest absolute Gasteiger partial charge is 0.449 e. The van der Waals surface area contributed by atoms with E-state index in [1.54, 1.807) is 0 Å². The molecule has 2 aliphatic rings. The standard InChI is InChI=1S/C20H38.C2H2O5/c1-7-15(2)9-11-17-16(3)10-12-18-19(4,5)13-8-14-20(17,18)6;3-1(4)7-2(5)6/h15-18H,7-14H2,1-6H3;(H,3,4)(H,5,6)/t15-,16+,17+,18+,20-;/m1./s1. The molecule has 0 spiro atoms. The molecule has 2 aliphatic carbocycles. The molecule has 5 atom stereocenters. The molecule has 5 heteroatoms. The Balaban J connectivity index is 0.000000445. The van der Waals surface area contributed by atoms with Crippen molar-refractivity contribution in [2.75, 3.05) is 0 Å². The molecule has 2 fully saturated rings. The van der Waals surface area contributed by atoms with Crippen molar-refractivity contribution in [3.63, 3.8) is 0 Å². The van der Waals surface area contributed by atoms with E-state index < -0.39 is 12.3 Å². The van der Waals surface area contributed by atoms with Crippen molar-refractivity contribution in [1.29, 1.82) is 0 Å². The van der Waals surface area contributed by atoms with Crippen molar-refractivity contribution in [2.45, 2.75) is 92.9 Å². The van der Waals surface area contributed by atoms with E-state index in [2.05, 4.69) is 46.3 Å². The minimum absolute atomic E-state index is 0.585. The maximum atomic E-state index is 9.21. The average Bonchev–Trinajstić information content (AvgIpc) is 2.52. The molecule has 0 radical (unpaired) electrons. The summed E-state index contributed by atoms with van der Waals surface area (Å²) in [5.41, 5.74) is 1.22. The van der Waals surface area contributed by atoms with Crippen LogP contribution in [0.3, 0.4) is 0 Å². The lowest BCUT2D eigenvalue weighted by atomic mass is 9.46. The van der Waals surface area contributed by atoms with Gasteiger partial charge in [0, 0.05) is 0 Å². The quantitative estimate of drug-likeness (QED) is 0.401. The van der Waals surface area contributed by atoms with Gasteiger partial charge in [-0.05, 0) is 60.2 Å². The monoisotopic (exact) mass is 384 g/mol. The van der Waals surface area contributed by atoms with Gasteiger partial charge in [0.1, 0.15) is 0 Å². The molecule has 2 saturated carbocycles. The fourth-order valence-corrected chi connectivity index (χ4v) is 5.97. The number of carbonyl (C=O) groups is 2. The summed E-state index contributed by atoms with van der Waals surface area (Å²) in [6, 6.07) is 0. The molecule has 0 saturated heterocycles. The average molecular weight is 385 g/mol. The number of ether oxygens (including phenoxy) is 1. The van der Waals surface area contributed by atoms with Crippen LogP contribution >= 0.6 is 0 Å². The Kier molecular flexibility index (Phi) is 8.62. The Labute approximate surface area is 164 Å². The largest absolute Gasteiger partial charge is 0.516 e. The Bertz CT molecular complexity index is 489. The van der Waals surface area contributed by atoms with E-state index in [1.807, 2.05) is 0 Å². The number of hydrogen-bond acceptors (Lipinski definition) is 3. The van der Waals surface area contributed by atoms with Gasteiger partial charge in [-0.1, -0.05) is 67.2 Å². The molecule has 0 aliphatic heterocycles. The molecule has 0 amide bonds. The summed E-state index contributed by atoms with van der Waals surface area (Å²) in [5.74, 6) is 3.83. The molecule has 5 nitrogen and oxygen atoms in total. The predicted octanol–water partition coefficient (Wildman–Crippen LogP) is 7.05. The molecular formula is C22H40O5. The third-order valence-corrected chi connectivity index (χ3v) is 7.56. The van der Waals surface area contributed by atoms with Gasteiger partial charge in [-0.3, -0.25) is 0 Å². The summed E-state index contributed by atoms with van der Waals surface area (Å²) in [5, 5.41) is 15.0. The molecule has 0 heterocycles. The van der Waals surface area contributed by atoms with Crippen molar-refractivity contribution in [3.8, 4) is 0 Å². The summed E-state index contributed by atoms with van der Waals surface area (Å²) in [6.45, 7) is 15.1. The predicted molar refractivity (Wildman–Crippen MR) is 107 cm³/mol. The van der Waals surface area contributed by atoms with Gasteiger partial charge in [-0.25, -0.2) is 9.59 Å². The van der Waals surface area contributed by atoms with Crippen molar-refractivity contribution < 1.29 is 24.5 Å². The van der Waals surface area contributed by atoms with Gasteiger partial charge in [0.2, 0.25) is 0 Å². The van der Waals surface area contributed by atoms with Gasteiger partial charge in [0.25, 0.3) is 0 Å². The highest BCUT2D eigenvalue weighted by molar-refractivity contribution is 5.74. The first kappa shape index (κ1) is 23.8. The van der Waals surface area contributed by atoms with Crippen LogP contribution in [0, 0.1) is 34.5 Å². The highest BCUT2D eigenvalue weighted by Gasteiger charge is 2.53. The molecule has 0 aromatic carbocycles. The van der Waals surface area contributed by atoms with Gasteiger partial charge < -0.3 is 14.9 Å². The van der Waals surface area contributed by atoms with Crippen LogP contribution in [0.25, 0.3) is 0 Å². The molecular weight excluding hydrogens is 344 g/mol. The SMILES string of the molecule is CC[C@@H](C)CC[C@H]1[C@@H](C)CC[C@H]2C(C)(C)CCC[C@]12C.O=C(O)OC(=O)O. The van der Waals surface area contributed by atoms with Crippen LogP contribution in [-0.2, 0) is 4.74 Å². The third-order valence-electron chi connectivity index (χ3n) is 7.56. The van der Waals surface area contributed by atoms with Crippen LogP contribution in [0.1, 0.15) is 92.9 Å². The molecule has 27 heavy (non-hydrogen) atoms. The number of hydrogen-bond donors (Lipinski definition) is 2. The van der Waals surface area contributed by atoms with Crippen LogP contribution in [0.4, 0.5) is 9.59 Å². The summed E-state index contributed by atoms with van der Waals surface area (Å²) < 4.78 is 3.08. The van der Waals surface area contributed by atoms with Gasteiger partial charge in [0.05, 0.1) is 0 Å². The van der Waals surface area contributed by atoms with Crippen LogP contribution in [0.15, 0.2) is 0 Å². The molecule has 0 aromatic heterocycles. The highest BCUT2D eigenvalue weighted by atomic mass is 16.7. The first-order valence-electron chi connectivity index (χ1n) is 10.6. The molecule has 158 valence electrons. The maximum absolute atomic E-state index is 9.21. The maximum Gasteiger partial charge on any atom is 0.516 e. The normalized spacial score (nSPS) is 33.0. The lowest BCUT2D eigenvalue weighted by molar-refractivity contribution is -0.0972. The minimum Gasteiger partial charge on any atom is -0.449 e. The van der Waals surface area contributed by atoms with E-state index in [0.717, 1.165) is 23.7 Å². The number of carboxylic acid groups (broad SMARTS) is 2. The van der Waals surface area contributed by atoms with Gasteiger partial charge in [0.15, 0.2) is 0 Å². The lowest BCUT2D eigenvalue weighted by Crippen LogP contribution is -2.51. The molecule has 0 bridgehead atoms. The second kappa shape index (κ2) is 9.79. The first-order chi connectivity index (χ1) is 12.4. The van der Waals surface area contributed by atoms with Crippen LogP contribution in [0.2, 0.25) is 0 Å². The van der Waals surface area contributed by atoms with E-state index in [9.17, 15) is 9.59 Å². The van der Waals surface area contributed by atoms with Crippen molar-refractivity contribution >= 4 is 12.3 Å². The van der Waals surface area contributed by atoms with E-state index in [4.69, 9.17) is 10.2 Å². The Morgan fingerprint density at radius 1 is 1.11 bits per heavy atom. The van der Waals surface area contributed by atoms with Crippen molar-refractivity contribution in [3.05, 3.63) is 0 Å². The van der Waals surface area contributed by atoms with Crippen molar-refractivity contribution in [2.24, 2.45) is 34.5 Å². The van der Waals surface area contributed by atoms with Crippen LogP contribution < -0.4 is 0 Å². The van der Waals surface area contributed by atoms with E-state index in [0.29, 0.717) is 10.8 Å². The Morgan fingerprint density at radius 3 is 2.19 bits per heavy atom. The molecule has 0 aromatic rings. The Hall–Kier alpha value is -1.26. The molecule has 0 unspecified atom stereocenters. The summed E-state index contributed by atoms with van der Waals surface area (Å²) in [4.78, 5) is 18.4. The van der Waals surface area contributed by atoms with E-state index in [-0.39, 0.29) is 0 Å². The molecule has 2 rings (SSSR count). The van der Waals surface area contributed by atoms with Crippen LogP contribution in [0.5, 0.6) is 0 Å². The zero-order valence-electron chi connectivity index (χ0n) is 18.1. The lowest BCUT2D eigenvalue weighted by Gasteiger charge is -2.59. The van der Waals surface area contributed by atoms with Crippen molar-refractivity contribution in [1.82, 2.24) is 0 Å². The number of fused-ring (bicyclic) bond motifs is 1. The fourth-order valence-electron chi connectivity index (χ4n) is 5.97. The van der Waals surface area contributed by atoms with Gasteiger partial charge in [-0.15, -0.1) is 0 Å². The van der Waals surface area contributed by atoms with Crippen LogP contribution in [-0.4, -0.2) is 22.5 Å². The van der Waals surface area contributed by atoms with Gasteiger partial charge in [-0.2, -0.15) is 0 Å². The fraction of sp³-hybridized carbons (Fsp3) is 0.909. The molecule has 2 N–H and O–H groups in total. The summed E-state index contributed by atoms with van der Waals surface area (Å²) >= 11 is 0.